The van der Waals surface area contributed by atoms with Gasteiger partial charge in [-0.05, 0) is 6.07 Å². The van der Waals surface area contributed by atoms with Crippen LogP contribution in [0.3, 0.4) is 0 Å². The number of aromatic nitrogens is 3. The van der Waals surface area contributed by atoms with Crippen molar-refractivity contribution in [2.45, 2.75) is 0 Å². The summed E-state index contributed by atoms with van der Waals surface area (Å²) in [6.45, 7) is 0. The molecule has 1 heterocycles. The molecule has 0 radical (unpaired) electrons. The Labute approximate surface area is 95.8 Å². The highest BCUT2D eigenvalue weighted by molar-refractivity contribution is 5.53. The average Bonchev–Trinajstić information content (AvgIpc) is 2.74. The minimum absolute atomic E-state index is 0.0603. The smallest absolute Gasteiger partial charge is 0.271 e. The lowest BCUT2D eigenvalue weighted by atomic mass is 10.2. The van der Waals surface area contributed by atoms with E-state index >= 15 is 0 Å². The monoisotopic (exact) mass is 235 g/mol. The third-order valence-electron chi connectivity index (χ3n) is 2.13. The molecule has 0 saturated carbocycles. The van der Waals surface area contributed by atoms with Crippen LogP contribution in [0.4, 0.5) is 11.5 Å². The van der Waals surface area contributed by atoms with Crippen LogP contribution in [-0.4, -0.2) is 27.0 Å². The van der Waals surface area contributed by atoms with Gasteiger partial charge in [0.25, 0.3) is 5.69 Å². The highest BCUT2D eigenvalue weighted by Gasteiger charge is 2.13. The number of nitro groups is 1. The van der Waals surface area contributed by atoms with Gasteiger partial charge in [0, 0.05) is 12.1 Å². The first-order valence-electron chi connectivity index (χ1n) is 4.62. The Balaban J connectivity index is 2.57. The zero-order valence-corrected chi connectivity index (χ0v) is 8.90. The molecular formula is C9H9N5O3. The first-order valence-corrected chi connectivity index (χ1v) is 4.62. The van der Waals surface area contributed by atoms with E-state index in [9.17, 15) is 10.1 Å². The van der Waals surface area contributed by atoms with Crippen molar-refractivity contribution in [2.24, 2.45) is 0 Å². The Kier molecular flexibility index (Phi) is 2.61. The summed E-state index contributed by atoms with van der Waals surface area (Å²) < 4.78 is 6.41. The number of nitrogens with zero attached hydrogens (tertiary/aromatic N) is 4. The molecule has 2 aromatic rings. The summed E-state index contributed by atoms with van der Waals surface area (Å²) in [5.74, 6) is 0.666. The first kappa shape index (κ1) is 10.9. The lowest BCUT2D eigenvalue weighted by Gasteiger charge is -2.06. The van der Waals surface area contributed by atoms with Crippen molar-refractivity contribution < 1.29 is 9.66 Å². The van der Waals surface area contributed by atoms with Gasteiger partial charge in [-0.3, -0.25) is 10.1 Å². The normalized spacial score (nSPS) is 10.2. The second-order valence-electron chi connectivity index (χ2n) is 3.20. The number of ether oxygens (including phenoxy) is 1. The van der Waals surface area contributed by atoms with Gasteiger partial charge in [-0.15, -0.1) is 5.10 Å². The van der Waals surface area contributed by atoms with Gasteiger partial charge < -0.3 is 10.5 Å². The Hall–Kier alpha value is -2.64. The van der Waals surface area contributed by atoms with Crippen molar-refractivity contribution in [3.05, 3.63) is 34.5 Å². The predicted octanol–water partition coefficient (Wildman–Crippen LogP) is 0.766. The summed E-state index contributed by atoms with van der Waals surface area (Å²) in [4.78, 5) is 10.2. The van der Waals surface area contributed by atoms with E-state index in [1.807, 2.05) is 0 Å². The Morgan fingerprint density at radius 2 is 2.29 bits per heavy atom. The number of non-ortho nitro benzene ring substituents is 1. The Morgan fingerprint density at radius 1 is 1.53 bits per heavy atom. The average molecular weight is 235 g/mol. The van der Waals surface area contributed by atoms with Gasteiger partial charge in [-0.25, -0.2) is 4.68 Å². The Bertz CT molecular complexity index is 566. The van der Waals surface area contributed by atoms with Crippen LogP contribution in [0, 0.1) is 10.1 Å². The summed E-state index contributed by atoms with van der Waals surface area (Å²) >= 11 is 0. The highest BCUT2D eigenvalue weighted by atomic mass is 16.6. The maximum absolute atomic E-state index is 10.7. The summed E-state index contributed by atoms with van der Waals surface area (Å²) in [5, 5.41) is 18.0. The van der Waals surface area contributed by atoms with Crippen molar-refractivity contribution >= 4 is 11.5 Å². The molecule has 0 aliphatic carbocycles. The van der Waals surface area contributed by atoms with Gasteiger partial charge in [-0.1, -0.05) is 5.21 Å². The minimum Gasteiger partial charge on any atom is -0.494 e. The van der Waals surface area contributed by atoms with Gasteiger partial charge in [-0.2, -0.15) is 0 Å². The number of nitrogens with two attached hydrogens (primary N) is 1. The van der Waals surface area contributed by atoms with Gasteiger partial charge in [0.15, 0.2) is 5.82 Å². The molecule has 0 bridgehead atoms. The highest BCUT2D eigenvalue weighted by Crippen LogP contribution is 2.26. The van der Waals surface area contributed by atoms with E-state index in [1.54, 1.807) is 0 Å². The lowest BCUT2D eigenvalue weighted by Crippen LogP contribution is -2.00. The molecule has 0 spiro atoms. The summed E-state index contributed by atoms with van der Waals surface area (Å²) in [6.07, 6.45) is 1.45. The molecular weight excluding hydrogens is 226 g/mol. The molecule has 1 aromatic carbocycles. The van der Waals surface area contributed by atoms with Crippen LogP contribution in [0.1, 0.15) is 0 Å². The molecule has 2 N–H and O–H groups in total. The van der Waals surface area contributed by atoms with Crippen molar-refractivity contribution in [3.63, 3.8) is 0 Å². The number of nitrogen functional groups attached to an aromatic ring is 1. The minimum atomic E-state index is -0.497. The number of nitro benzene ring substituents is 1. The zero-order valence-electron chi connectivity index (χ0n) is 8.90. The molecule has 88 valence electrons. The fourth-order valence-corrected chi connectivity index (χ4v) is 1.37. The molecule has 0 saturated heterocycles. The number of hydrogen-bond donors (Lipinski definition) is 1. The molecule has 0 fully saturated rings. The van der Waals surface area contributed by atoms with Gasteiger partial charge in [0.1, 0.15) is 11.4 Å². The summed E-state index contributed by atoms with van der Waals surface area (Å²) in [6, 6.07) is 4.18. The van der Waals surface area contributed by atoms with E-state index < -0.39 is 4.92 Å². The van der Waals surface area contributed by atoms with Crippen LogP contribution in [0.5, 0.6) is 5.75 Å². The van der Waals surface area contributed by atoms with Crippen LogP contribution >= 0.6 is 0 Å². The fourth-order valence-electron chi connectivity index (χ4n) is 1.37. The Morgan fingerprint density at radius 3 is 2.82 bits per heavy atom. The van der Waals surface area contributed by atoms with E-state index in [0.29, 0.717) is 11.4 Å². The molecule has 8 nitrogen and oxygen atoms in total. The van der Waals surface area contributed by atoms with Crippen LogP contribution < -0.4 is 10.5 Å². The van der Waals surface area contributed by atoms with Crippen molar-refractivity contribution in [2.75, 3.05) is 12.8 Å². The second-order valence-corrected chi connectivity index (χ2v) is 3.20. The van der Waals surface area contributed by atoms with E-state index in [0.717, 1.165) is 0 Å². The number of anilines is 1. The van der Waals surface area contributed by atoms with E-state index in [-0.39, 0.29) is 11.5 Å². The van der Waals surface area contributed by atoms with Crippen molar-refractivity contribution in [1.29, 1.82) is 0 Å². The standard InChI is InChI=1S/C9H9N5O3/c1-17-8-3-2-6(14(15)16)4-7(8)13-5-9(10)11-12-13/h2-5H,10H2,1H3. The SMILES string of the molecule is COc1ccc([N+](=O)[O-])cc1-n1cc(N)nn1. The molecule has 0 atom stereocenters. The number of methoxy groups -OCH3 is 1. The van der Waals surface area contributed by atoms with Crippen LogP contribution in [-0.2, 0) is 0 Å². The third kappa shape index (κ3) is 2.00. The molecule has 0 aliphatic heterocycles. The van der Waals surface area contributed by atoms with Gasteiger partial charge in [0.05, 0.1) is 18.2 Å². The quantitative estimate of drug-likeness (QED) is 0.621. The van der Waals surface area contributed by atoms with Crippen LogP contribution in [0.15, 0.2) is 24.4 Å². The van der Waals surface area contributed by atoms with E-state index in [2.05, 4.69) is 10.3 Å². The second kappa shape index (κ2) is 4.08. The van der Waals surface area contributed by atoms with Gasteiger partial charge in [0.2, 0.25) is 0 Å². The largest absolute Gasteiger partial charge is 0.494 e. The third-order valence-corrected chi connectivity index (χ3v) is 2.13. The molecule has 1 aromatic heterocycles. The fraction of sp³-hybridized carbons (Fsp3) is 0.111. The number of hydrogen-bond acceptors (Lipinski definition) is 6. The van der Waals surface area contributed by atoms with E-state index in [4.69, 9.17) is 10.5 Å². The van der Waals surface area contributed by atoms with Gasteiger partial charge >= 0.3 is 0 Å². The van der Waals surface area contributed by atoms with Crippen molar-refractivity contribution in [3.8, 4) is 11.4 Å². The van der Waals surface area contributed by atoms with Crippen LogP contribution in [0.2, 0.25) is 0 Å². The maximum Gasteiger partial charge on any atom is 0.271 e. The van der Waals surface area contributed by atoms with E-state index in [1.165, 1.54) is 36.2 Å². The molecule has 17 heavy (non-hydrogen) atoms. The molecule has 2 rings (SSSR count). The maximum atomic E-state index is 10.7. The summed E-state index contributed by atoms with van der Waals surface area (Å²) in [5.41, 5.74) is 5.78. The van der Waals surface area contributed by atoms with Crippen molar-refractivity contribution in [1.82, 2.24) is 15.0 Å². The van der Waals surface area contributed by atoms with Crippen LogP contribution in [0.25, 0.3) is 5.69 Å². The predicted molar refractivity (Wildman–Crippen MR) is 59.0 cm³/mol. The number of benzene rings is 1. The summed E-state index contributed by atoms with van der Waals surface area (Å²) in [7, 11) is 1.46. The number of rotatable bonds is 3. The topological polar surface area (TPSA) is 109 Å². The molecule has 8 heteroatoms. The lowest BCUT2D eigenvalue weighted by molar-refractivity contribution is -0.384. The molecule has 0 aliphatic rings. The first-order chi connectivity index (χ1) is 8.11. The zero-order chi connectivity index (χ0) is 12.4. The molecule has 0 unspecified atom stereocenters. The molecule has 0 amide bonds.